The van der Waals surface area contributed by atoms with Crippen LogP contribution < -0.4 is 5.73 Å². The first-order valence-corrected chi connectivity index (χ1v) is 7.55. The van der Waals surface area contributed by atoms with Crippen molar-refractivity contribution in [2.45, 2.75) is 45.2 Å². The van der Waals surface area contributed by atoms with Gasteiger partial charge in [0.05, 0.1) is 5.56 Å². The van der Waals surface area contributed by atoms with Crippen LogP contribution in [0, 0.1) is 17.2 Å². The molecule has 1 unspecified atom stereocenters. The molecule has 0 aromatic carbocycles. The van der Waals surface area contributed by atoms with Gasteiger partial charge in [-0.3, -0.25) is 4.90 Å². The van der Waals surface area contributed by atoms with Gasteiger partial charge in [0.2, 0.25) is 0 Å². The molecular weight excluding hydrogens is 242 g/mol. The fourth-order valence-corrected chi connectivity index (χ4v) is 4.15. The topological polar surface area (TPSA) is 53.1 Å². The van der Waals surface area contributed by atoms with E-state index in [1.54, 1.807) is 11.3 Å². The van der Waals surface area contributed by atoms with Crippen LogP contribution in [0.2, 0.25) is 0 Å². The summed E-state index contributed by atoms with van der Waals surface area (Å²) in [7, 11) is 0. The Morgan fingerprint density at radius 1 is 1.50 bits per heavy atom. The number of anilines is 1. The summed E-state index contributed by atoms with van der Waals surface area (Å²) < 4.78 is 0. The molecule has 0 amide bonds. The molecule has 0 radical (unpaired) electrons. The molecule has 2 aliphatic rings. The Labute approximate surface area is 112 Å². The van der Waals surface area contributed by atoms with E-state index >= 15 is 0 Å². The molecule has 1 aliphatic carbocycles. The van der Waals surface area contributed by atoms with Crippen molar-refractivity contribution in [3.05, 3.63) is 16.0 Å². The van der Waals surface area contributed by atoms with Gasteiger partial charge >= 0.3 is 0 Å². The highest BCUT2D eigenvalue weighted by molar-refractivity contribution is 7.16. The predicted octanol–water partition coefficient (Wildman–Crippen LogP) is 2.75. The Morgan fingerprint density at radius 2 is 2.28 bits per heavy atom. The first-order chi connectivity index (χ1) is 8.69. The van der Waals surface area contributed by atoms with Crippen LogP contribution in [0.4, 0.5) is 5.00 Å². The third-order valence-corrected chi connectivity index (χ3v) is 5.50. The third kappa shape index (κ3) is 1.92. The first kappa shape index (κ1) is 12.0. The van der Waals surface area contributed by atoms with Gasteiger partial charge in [-0.05, 0) is 32.1 Å². The second-order valence-electron chi connectivity index (χ2n) is 5.63. The largest absolute Gasteiger partial charge is 0.389 e. The second kappa shape index (κ2) is 4.56. The molecule has 4 heteroatoms. The van der Waals surface area contributed by atoms with Crippen molar-refractivity contribution in [1.29, 1.82) is 5.26 Å². The fourth-order valence-electron chi connectivity index (χ4n) is 3.00. The predicted molar refractivity (Wildman–Crippen MR) is 74.4 cm³/mol. The number of nitrogens with zero attached hydrogens (tertiary/aromatic N) is 2. The van der Waals surface area contributed by atoms with Gasteiger partial charge in [-0.2, -0.15) is 5.26 Å². The maximum atomic E-state index is 9.21. The van der Waals surface area contributed by atoms with E-state index in [1.807, 2.05) is 0 Å². The highest BCUT2D eigenvalue weighted by atomic mass is 32.1. The van der Waals surface area contributed by atoms with Crippen molar-refractivity contribution in [2.24, 2.45) is 5.92 Å². The van der Waals surface area contributed by atoms with Crippen LogP contribution in [0.15, 0.2) is 0 Å². The lowest BCUT2D eigenvalue weighted by Gasteiger charge is -2.38. The van der Waals surface area contributed by atoms with Crippen molar-refractivity contribution in [1.82, 2.24) is 4.90 Å². The van der Waals surface area contributed by atoms with Gasteiger partial charge in [-0.25, -0.2) is 0 Å². The minimum absolute atomic E-state index is 0.586. The first-order valence-electron chi connectivity index (χ1n) is 6.73. The van der Waals surface area contributed by atoms with E-state index < -0.39 is 0 Å². The van der Waals surface area contributed by atoms with Gasteiger partial charge in [0.15, 0.2) is 0 Å². The zero-order chi connectivity index (χ0) is 12.7. The fraction of sp³-hybridized carbons (Fsp3) is 0.643. The lowest BCUT2D eigenvalue weighted by Crippen LogP contribution is -2.42. The number of fused-ring (bicyclic) bond motifs is 1. The molecule has 0 spiro atoms. The van der Waals surface area contributed by atoms with E-state index in [0.29, 0.717) is 11.0 Å². The zero-order valence-corrected chi connectivity index (χ0v) is 11.6. The highest BCUT2D eigenvalue weighted by Crippen LogP contribution is 2.37. The van der Waals surface area contributed by atoms with Crippen LogP contribution in [0.1, 0.15) is 42.2 Å². The molecule has 1 fully saturated rings. The van der Waals surface area contributed by atoms with E-state index in [2.05, 4.69) is 17.9 Å². The Bertz CT molecular complexity index is 496. The van der Waals surface area contributed by atoms with Gasteiger partial charge in [0.25, 0.3) is 0 Å². The maximum absolute atomic E-state index is 9.21. The number of rotatable bonds is 2. The van der Waals surface area contributed by atoms with Crippen molar-refractivity contribution in [2.75, 3.05) is 12.3 Å². The van der Waals surface area contributed by atoms with E-state index in [1.165, 1.54) is 36.2 Å². The van der Waals surface area contributed by atoms with Crippen LogP contribution in [0.3, 0.4) is 0 Å². The molecule has 96 valence electrons. The molecule has 0 saturated heterocycles. The number of nitrogen functional groups attached to an aromatic ring is 1. The number of hydrogen-bond donors (Lipinski definition) is 1. The Balaban J connectivity index is 1.82. The molecule has 18 heavy (non-hydrogen) atoms. The van der Waals surface area contributed by atoms with Crippen molar-refractivity contribution < 1.29 is 0 Å². The summed E-state index contributed by atoms with van der Waals surface area (Å²) in [6.07, 6.45) is 5.21. The quantitative estimate of drug-likeness (QED) is 0.890. The monoisotopic (exact) mass is 261 g/mol. The third-order valence-electron chi connectivity index (χ3n) is 4.41. The molecule has 1 aliphatic heterocycles. The molecular formula is C14H19N3S. The van der Waals surface area contributed by atoms with Crippen LogP contribution in [-0.4, -0.2) is 17.5 Å². The van der Waals surface area contributed by atoms with E-state index in [9.17, 15) is 5.26 Å². The Hall–Kier alpha value is -1.05. The molecule has 1 saturated carbocycles. The average molecular weight is 261 g/mol. The van der Waals surface area contributed by atoms with Gasteiger partial charge < -0.3 is 5.73 Å². The van der Waals surface area contributed by atoms with Crippen molar-refractivity contribution in [3.8, 4) is 6.07 Å². The highest BCUT2D eigenvalue weighted by Gasteiger charge is 2.30. The minimum Gasteiger partial charge on any atom is -0.389 e. The van der Waals surface area contributed by atoms with E-state index in [0.717, 1.165) is 24.4 Å². The van der Waals surface area contributed by atoms with Crippen LogP contribution in [0.5, 0.6) is 0 Å². The lowest BCUT2D eigenvalue weighted by atomic mass is 9.84. The normalized spacial score (nSPS) is 24.3. The van der Waals surface area contributed by atoms with Crippen molar-refractivity contribution in [3.63, 3.8) is 0 Å². The number of thiophene rings is 1. The Morgan fingerprint density at radius 3 is 2.89 bits per heavy atom. The van der Waals surface area contributed by atoms with Crippen LogP contribution in [-0.2, 0) is 13.0 Å². The molecule has 2 heterocycles. The Kier molecular flexibility index (Phi) is 3.04. The molecule has 3 rings (SSSR count). The summed E-state index contributed by atoms with van der Waals surface area (Å²) in [5, 5.41) is 9.92. The zero-order valence-electron chi connectivity index (χ0n) is 10.8. The van der Waals surface area contributed by atoms with E-state index in [-0.39, 0.29) is 0 Å². The summed E-state index contributed by atoms with van der Waals surface area (Å²) >= 11 is 1.61. The molecule has 1 atom stereocenters. The number of hydrogen-bond acceptors (Lipinski definition) is 4. The maximum Gasteiger partial charge on any atom is 0.104 e. The number of nitrogens with two attached hydrogens (primary N) is 1. The standard InChI is InChI=1S/C14H19N3S/c1-9-5-13-12(11(6-15)14(16)18-13)8-17(9)7-10-3-2-4-10/h9-10H,2-5,7-8,16H2,1H3. The van der Waals surface area contributed by atoms with Crippen LogP contribution in [0.25, 0.3) is 0 Å². The van der Waals surface area contributed by atoms with Gasteiger partial charge in [-0.15, -0.1) is 11.3 Å². The molecule has 0 bridgehead atoms. The SMILES string of the molecule is CC1Cc2sc(N)c(C#N)c2CN1CC1CCC1. The van der Waals surface area contributed by atoms with Gasteiger partial charge in [0, 0.05) is 29.6 Å². The van der Waals surface area contributed by atoms with Crippen molar-refractivity contribution >= 4 is 16.3 Å². The van der Waals surface area contributed by atoms with Crippen LogP contribution >= 0.6 is 11.3 Å². The lowest BCUT2D eigenvalue weighted by molar-refractivity contribution is 0.124. The summed E-state index contributed by atoms with van der Waals surface area (Å²) in [5.41, 5.74) is 7.88. The van der Waals surface area contributed by atoms with Gasteiger partial charge in [0.1, 0.15) is 11.1 Å². The van der Waals surface area contributed by atoms with Gasteiger partial charge in [-0.1, -0.05) is 6.42 Å². The summed E-state index contributed by atoms with van der Waals surface area (Å²) in [4.78, 5) is 3.88. The summed E-state index contributed by atoms with van der Waals surface area (Å²) in [6, 6.07) is 2.86. The second-order valence-corrected chi connectivity index (χ2v) is 6.77. The molecule has 2 N–H and O–H groups in total. The summed E-state index contributed by atoms with van der Waals surface area (Å²) in [6.45, 7) is 4.41. The molecule has 1 aromatic heterocycles. The minimum atomic E-state index is 0.586. The summed E-state index contributed by atoms with van der Waals surface area (Å²) in [5.74, 6) is 0.885. The average Bonchev–Trinajstić information content (AvgIpc) is 2.58. The molecule has 1 aromatic rings. The number of nitriles is 1. The smallest absolute Gasteiger partial charge is 0.104 e. The molecule has 3 nitrogen and oxygen atoms in total. The van der Waals surface area contributed by atoms with E-state index in [4.69, 9.17) is 5.73 Å².